The number of phenolic OH excluding ortho intramolecular Hbond substituents is 1. The van der Waals surface area contributed by atoms with E-state index in [1.807, 2.05) is 16.9 Å². The Morgan fingerprint density at radius 2 is 1.78 bits per heavy atom. The summed E-state index contributed by atoms with van der Waals surface area (Å²) in [4.78, 5) is 27.5. The highest BCUT2D eigenvalue weighted by Gasteiger charge is 2.33. The number of anilines is 1. The number of hydrogen-bond acceptors (Lipinski definition) is 10. The maximum atomic E-state index is 11.9. The number of nitrogens with two attached hydrogens (primary N) is 3. The first-order chi connectivity index (χ1) is 24.2. The fourth-order valence-corrected chi connectivity index (χ4v) is 7.93. The van der Waals surface area contributed by atoms with Crippen LogP contribution in [0.5, 0.6) is 11.5 Å². The van der Waals surface area contributed by atoms with Crippen LogP contribution in [-0.4, -0.2) is 70.4 Å². The Morgan fingerprint density at radius 1 is 1.02 bits per heavy atom. The number of amides is 2. The Labute approximate surface area is 293 Å². The molecule has 12 nitrogen and oxygen atoms in total. The lowest BCUT2D eigenvalue weighted by Crippen LogP contribution is -2.43. The summed E-state index contributed by atoms with van der Waals surface area (Å²) in [6, 6.07) is 14.4. The van der Waals surface area contributed by atoms with Crippen molar-refractivity contribution in [1.82, 2.24) is 20.0 Å². The van der Waals surface area contributed by atoms with Crippen molar-refractivity contribution >= 4 is 29.3 Å². The van der Waals surface area contributed by atoms with Gasteiger partial charge in [-0.25, -0.2) is 0 Å². The van der Waals surface area contributed by atoms with Gasteiger partial charge in [0, 0.05) is 60.2 Å². The Morgan fingerprint density at radius 3 is 2.50 bits per heavy atom. The van der Waals surface area contributed by atoms with Crippen LogP contribution < -0.4 is 32.2 Å². The van der Waals surface area contributed by atoms with Gasteiger partial charge in [-0.2, -0.15) is 5.10 Å². The molecule has 2 aliphatic heterocycles. The molecule has 2 fully saturated rings. The quantitative estimate of drug-likeness (QED) is 0.146. The van der Waals surface area contributed by atoms with Gasteiger partial charge in [-0.3, -0.25) is 19.6 Å². The molecular weight excluding hydrogens is 632 g/mol. The molecule has 0 bridgehead atoms. The molecule has 2 aromatic carbocycles. The molecular formula is C38H50N8O4. The highest BCUT2D eigenvalue weighted by molar-refractivity contribution is 5.86. The Hall–Kier alpha value is -4.97. The second kappa shape index (κ2) is 15.7. The maximum absolute atomic E-state index is 11.9. The zero-order valence-corrected chi connectivity index (χ0v) is 28.8. The molecule has 1 aromatic heterocycles. The van der Waals surface area contributed by atoms with Crippen LogP contribution in [0.2, 0.25) is 0 Å². The van der Waals surface area contributed by atoms with E-state index < -0.39 is 0 Å². The first kappa shape index (κ1) is 34.9. The molecule has 8 N–H and O–H groups in total. The van der Waals surface area contributed by atoms with Crippen molar-refractivity contribution in [3.8, 4) is 11.5 Å². The summed E-state index contributed by atoms with van der Waals surface area (Å²) < 4.78 is 8.33. The SMILES string of the molecule is CC(CCC(=O)NC=O)N1CCOc2c(C3CCC(N4CCC(n5cc(C(/C=C(\N)c6ccccc6O)=C(N)N)cn5)CC4)CC3)cccc21. The number of piperidine rings is 1. The van der Waals surface area contributed by atoms with E-state index >= 15 is 0 Å². The number of fused-ring (bicyclic) bond motifs is 1. The largest absolute Gasteiger partial charge is 0.507 e. The monoisotopic (exact) mass is 682 g/mol. The molecule has 1 saturated heterocycles. The van der Waals surface area contributed by atoms with Crippen molar-refractivity contribution in [2.45, 2.75) is 82.3 Å². The van der Waals surface area contributed by atoms with E-state index in [-0.39, 0.29) is 29.6 Å². The van der Waals surface area contributed by atoms with Crippen LogP contribution in [0.25, 0.3) is 11.3 Å². The number of ether oxygens (including phenoxy) is 1. The van der Waals surface area contributed by atoms with Gasteiger partial charge in [-0.1, -0.05) is 24.3 Å². The van der Waals surface area contributed by atoms with Crippen LogP contribution in [0.1, 0.15) is 86.9 Å². The topological polar surface area (TPSA) is 178 Å². The fourth-order valence-electron chi connectivity index (χ4n) is 7.93. The average Bonchev–Trinajstić information content (AvgIpc) is 3.62. The number of para-hydroxylation sites is 2. The smallest absolute Gasteiger partial charge is 0.226 e. The normalized spacial score (nSPS) is 20.7. The Balaban J connectivity index is 1.03. The van der Waals surface area contributed by atoms with Crippen LogP contribution >= 0.6 is 0 Å². The summed E-state index contributed by atoms with van der Waals surface area (Å²) in [5, 5.41) is 17.1. The number of likely N-dealkylation sites (tertiary alicyclic amines) is 1. The van der Waals surface area contributed by atoms with E-state index in [4.69, 9.17) is 21.9 Å². The second-order valence-electron chi connectivity index (χ2n) is 13.8. The fraction of sp³-hybridized carbons (Fsp3) is 0.447. The summed E-state index contributed by atoms with van der Waals surface area (Å²) in [5.41, 5.74) is 23.1. The number of carbonyl (C=O) groups excluding carboxylic acids is 2. The zero-order chi connectivity index (χ0) is 35.2. The molecule has 266 valence electrons. The number of aromatic nitrogens is 2. The third kappa shape index (κ3) is 7.75. The minimum atomic E-state index is -0.244. The number of nitrogens with zero attached hydrogens (tertiary/aromatic N) is 4. The van der Waals surface area contributed by atoms with Crippen LogP contribution in [-0.2, 0) is 9.59 Å². The number of phenols is 1. The van der Waals surface area contributed by atoms with E-state index in [0.29, 0.717) is 54.7 Å². The number of allylic oxidation sites excluding steroid dienone is 2. The second-order valence-corrected chi connectivity index (χ2v) is 13.8. The molecule has 0 radical (unpaired) electrons. The lowest BCUT2D eigenvalue weighted by molar-refractivity contribution is -0.125. The van der Waals surface area contributed by atoms with E-state index in [1.54, 1.807) is 30.5 Å². The first-order valence-corrected chi connectivity index (χ1v) is 17.8. The first-order valence-electron chi connectivity index (χ1n) is 17.8. The van der Waals surface area contributed by atoms with E-state index in [1.165, 1.54) is 5.56 Å². The van der Waals surface area contributed by atoms with Crippen molar-refractivity contribution in [2.24, 2.45) is 17.2 Å². The Kier molecular flexibility index (Phi) is 11.0. The molecule has 50 heavy (non-hydrogen) atoms. The molecule has 3 aromatic rings. The number of hydrogen-bond donors (Lipinski definition) is 5. The number of aromatic hydroxyl groups is 1. The van der Waals surface area contributed by atoms with Gasteiger partial charge in [0.15, 0.2) is 0 Å². The summed E-state index contributed by atoms with van der Waals surface area (Å²) in [7, 11) is 0. The van der Waals surface area contributed by atoms with E-state index in [2.05, 4.69) is 45.3 Å². The number of benzene rings is 2. The van der Waals surface area contributed by atoms with Gasteiger partial charge in [0.2, 0.25) is 12.3 Å². The van der Waals surface area contributed by atoms with Crippen LogP contribution in [0, 0.1) is 0 Å². The molecule has 1 atom stereocenters. The molecule has 1 unspecified atom stereocenters. The molecule has 1 saturated carbocycles. The van der Waals surface area contributed by atoms with Gasteiger partial charge in [-0.15, -0.1) is 0 Å². The van der Waals surface area contributed by atoms with Gasteiger partial charge in [-0.05, 0) is 87.6 Å². The highest BCUT2D eigenvalue weighted by atomic mass is 16.5. The van der Waals surface area contributed by atoms with Crippen LogP contribution in [0.15, 0.2) is 66.8 Å². The van der Waals surface area contributed by atoms with Gasteiger partial charge in [0.1, 0.15) is 23.9 Å². The maximum Gasteiger partial charge on any atom is 0.226 e. The third-order valence-corrected chi connectivity index (χ3v) is 10.7. The van der Waals surface area contributed by atoms with Gasteiger partial charge in [0.05, 0.1) is 24.5 Å². The van der Waals surface area contributed by atoms with Crippen molar-refractivity contribution in [1.29, 1.82) is 0 Å². The van der Waals surface area contributed by atoms with Crippen molar-refractivity contribution < 1.29 is 19.4 Å². The molecule has 3 aliphatic rings. The predicted octanol–water partition coefficient (Wildman–Crippen LogP) is 4.18. The van der Waals surface area contributed by atoms with Crippen LogP contribution in [0.4, 0.5) is 5.69 Å². The van der Waals surface area contributed by atoms with Gasteiger partial charge in [0.25, 0.3) is 0 Å². The summed E-state index contributed by atoms with van der Waals surface area (Å²) in [6.07, 6.45) is 13.5. The number of rotatable bonds is 11. The summed E-state index contributed by atoms with van der Waals surface area (Å²) in [6.45, 7) is 5.59. The lowest BCUT2D eigenvalue weighted by atomic mass is 9.80. The average molecular weight is 683 g/mol. The lowest BCUT2D eigenvalue weighted by Gasteiger charge is -2.42. The van der Waals surface area contributed by atoms with Crippen molar-refractivity contribution in [3.63, 3.8) is 0 Å². The molecule has 0 spiro atoms. The number of nitrogens with one attached hydrogen (secondary N) is 1. The molecule has 2 amide bonds. The number of carbonyl (C=O) groups is 2. The third-order valence-electron chi connectivity index (χ3n) is 10.7. The van der Waals surface area contributed by atoms with Gasteiger partial charge < -0.3 is 36.8 Å². The van der Waals surface area contributed by atoms with Crippen molar-refractivity contribution in [3.05, 3.63) is 83.4 Å². The van der Waals surface area contributed by atoms with E-state index in [9.17, 15) is 14.7 Å². The standard InChI is InChI=1S/C38H50N8O4/c1-25(9-14-36(49)42-24-47)45-19-20-50-37-30(6-4-7-34(37)45)26-10-12-28(13-11-26)44-17-15-29(16-18-44)46-23-27(22-43-46)32(38(40)41)21-33(39)31-5-2-3-8-35(31)48/h2-8,21-26,28-29,48H,9-20,39-41H2,1H3,(H,42,47,49)/b33-21-. The molecule has 1 aliphatic carbocycles. The predicted molar refractivity (Wildman–Crippen MR) is 195 cm³/mol. The van der Waals surface area contributed by atoms with Gasteiger partial charge >= 0.3 is 0 Å². The summed E-state index contributed by atoms with van der Waals surface area (Å²) >= 11 is 0. The molecule has 3 heterocycles. The Bertz CT molecular complexity index is 1710. The van der Waals surface area contributed by atoms with Crippen LogP contribution in [0.3, 0.4) is 0 Å². The van der Waals surface area contributed by atoms with Crippen molar-refractivity contribution in [2.75, 3.05) is 31.1 Å². The minimum Gasteiger partial charge on any atom is -0.507 e. The number of imide groups is 1. The van der Waals surface area contributed by atoms with E-state index in [0.717, 1.165) is 75.2 Å². The highest BCUT2D eigenvalue weighted by Crippen LogP contribution is 2.45. The molecule has 6 rings (SSSR count). The summed E-state index contributed by atoms with van der Waals surface area (Å²) in [5.74, 6) is 1.44. The zero-order valence-electron chi connectivity index (χ0n) is 28.8. The minimum absolute atomic E-state index is 0.0930. The molecule has 12 heteroatoms.